The third-order valence-electron chi connectivity index (χ3n) is 3.89. The van der Waals surface area contributed by atoms with Crippen molar-refractivity contribution in [2.45, 2.75) is 18.9 Å². The van der Waals surface area contributed by atoms with Crippen molar-refractivity contribution in [2.75, 3.05) is 43.9 Å². The minimum Gasteiger partial charge on any atom is -0.382 e. The normalized spacial score (nSPS) is 20.8. The minimum atomic E-state index is 0.0496. The van der Waals surface area contributed by atoms with Crippen molar-refractivity contribution in [3.05, 3.63) is 23.8 Å². The van der Waals surface area contributed by atoms with Gasteiger partial charge in [-0.15, -0.1) is 0 Å². The Balaban J connectivity index is 1.76. The van der Waals surface area contributed by atoms with Crippen LogP contribution >= 0.6 is 0 Å². The summed E-state index contributed by atoms with van der Waals surface area (Å²) in [6, 6.07) is 5.80. The first-order valence-electron chi connectivity index (χ1n) is 7.23. The molecule has 20 heavy (non-hydrogen) atoms. The van der Waals surface area contributed by atoms with Gasteiger partial charge in [0.2, 0.25) is 0 Å². The number of ether oxygens (including phenoxy) is 1. The number of nitrogens with zero attached hydrogens (tertiary/aromatic N) is 1. The lowest BCUT2D eigenvalue weighted by Gasteiger charge is -2.25. The molecule has 1 atom stereocenters. The largest absolute Gasteiger partial charge is 0.382 e. The lowest BCUT2D eigenvalue weighted by Crippen LogP contribution is -2.35. The molecule has 0 bridgehead atoms. The first-order valence-corrected chi connectivity index (χ1v) is 7.23. The van der Waals surface area contributed by atoms with E-state index in [-0.39, 0.29) is 12.0 Å². The molecule has 1 aromatic carbocycles. The van der Waals surface area contributed by atoms with E-state index in [1.807, 2.05) is 25.2 Å². The van der Waals surface area contributed by atoms with Gasteiger partial charge in [0.25, 0.3) is 5.91 Å². The smallest absolute Gasteiger partial charge is 0.255 e. The Hall–Kier alpha value is -1.75. The molecule has 1 unspecified atom stereocenters. The van der Waals surface area contributed by atoms with Crippen LogP contribution in [0.15, 0.2) is 18.2 Å². The maximum Gasteiger partial charge on any atom is 0.255 e. The van der Waals surface area contributed by atoms with E-state index in [4.69, 9.17) is 4.74 Å². The van der Waals surface area contributed by atoms with E-state index < -0.39 is 0 Å². The second-order valence-corrected chi connectivity index (χ2v) is 5.40. The molecule has 2 aliphatic rings. The molecule has 108 valence electrons. The first kappa shape index (κ1) is 13.2. The van der Waals surface area contributed by atoms with Crippen molar-refractivity contribution in [1.29, 1.82) is 0 Å². The number of hydrogen-bond acceptors (Lipinski definition) is 4. The Morgan fingerprint density at radius 3 is 3.05 bits per heavy atom. The molecule has 2 aliphatic heterocycles. The highest BCUT2D eigenvalue weighted by atomic mass is 16.5. The van der Waals surface area contributed by atoms with Gasteiger partial charge in [-0.2, -0.15) is 0 Å². The molecule has 5 heteroatoms. The summed E-state index contributed by atoms with van der Waals surface area (Å²) in [6.45, 7) is 3.21. The molecule has 2 heterocycles. The maximum atomic E-state index is 12.6. The molecule has 1 saturated heterocycles. The van der Waals surface area contributed by atoms with Crippen LogP contribution < -0.4 is 10.6 Å². The lowest BCUT2D eigenvalue weighted by atomic mass is 10.1. The van der Waals surface area contributed by atoms with Crippen LogP contribution in [0.3, 0.4) is 0 Å². The second-order valence-electron chi connectivity index (χ2n) is 5.40. The van der Waals surface area contributed by atoms with Gasteiger partial charge in [-0.25, -0.2) is 0 Å². The number of carbonyl (C=O) groups excluding carboxylic acids is 1. The zero-order valence-corrected chi connectivity index (χ0v) is 11.8. The summed E-state index contributed by atoms with van der Waals surface area (Å²) in [5, 5.41) is 6.63. The number of rotatable bonds is 3. The number of benzene rings is 1. The van der Waals surface area contributed by atoms with E-state index in [1.165, 1.54) is 0 Å². The Morgan fingerprint density at radius 2 is 2.25 bits per heavy atom. The summed E-state index contributed by atoms with van der Waals surface area (Å²) >= 11 is 0. The van der Waals surface area contributed by atoms with Gasteiger partial charge in [0.1, 0.15) is 0 Å². The van der Waals surface area contributed by atoms with Gasteiger partial charge in [-0.05, 0) is 25.0 Å². The van der Waals surface area contributed by atoms with Crippen LogP contribution in [0.25, 0.3) is 0 Å². The molecule has 3 rings (SSSR count). The number of nitrogens with one attached hydrogen (secondary N) is 2. The quantitative estimate of drug-likeness (QED) is 0.883. The van der Waals surface area contributed by atoms with Crippen molar-refractivity contribution in [1.82, 2.24) is 4.90 Å². The number of para-hydroxylation sites is 1. The summed E-state index contributed by atoms with van der Waals surface area (Å²) in [7, 11) is 1.85. The third-order valence-corrected chi connectivity index (χ3v) is 3.89. The number of carbonyl (C=O) groups is 1. The van der Waals surface area contributed by atoms with Crippen LogP contribution in [0, 0.1) is 0 Å². The van der Waals surface area contributed by atoms with Crippen molar-refractivity contribution in [2.24, 2.45) is 0 Å². The number of fused-ring (bicyclic) bond motifs is 1. The summed E-state index contributed by atoms with van der Waals surface area (Å²) in [6.07, 6.45) is 2.33. The van der Waals surface area contributed by atoms with Crippen molar-refractivity contribution in [3.8, 4) is 0 Å². The van der Waals surface area contributed by atoms with Gasteiger partial charge in [0.05, 0.1) is 23.0 Å². The number of amides is 1. The van der Waals surface area contributed by atoms with E-state index in [0.717, 1.165) is 49.5 Å². The fourth-order valence-electron chi connectivity index (χ4n) is 2.84. The van der Waals surface area contributed by atoms with Crippen LogP contribution in [0.5, 0.6) is 0 Å². The Morgan fingerprint density at radius 1 is 1.40 bits per heavy atom. The molecule has 1 fully saturated rings. The predicted molar refractivity (Wildman–Crippen MR) is 79.4 cm³/mol. The predicted octanol–water partition coefficient (Wildman–Crippen LogP) is 1.77. The van der Waals surface area contributed by atoms with Crippen molar-refractivity contribution >= 4 is 17.3 Å². The van der Waals surface area contributed by atoms with Crippen LogP contribution in [0.2, 0.25) is 0 Å². The number of likely N-dealkylation sites (N-methyl/N-ethyl adjacent to an activating group) is 1. The average molecular weight is 275 g/mol. The number of hydrogen-bond donors (Lipinski definition) is 2. The Bertz CT molecular complexity index is 498. The van der Waals surface area contributed by atoms with Crippen molar-refractivity contribution < 1.29 is 9.53 Å². The van der Waals surface area contributed by atoms with Crippen LogP contribution in [-0.4, -0.2) is 50.2 Å². The maximum absolute atomic E-state index is 12.6. The Kier molecular flexibility index (Phi) is 3.78. The van der Waals surface area contributed by atoms with E-state index in [2.05, 4.69) is 10.6 Å². The summed E-state index contributed by atoms with van der Waals surface area (Å²) in [5.74, 6) is 0.0496. The average Bonchev–Trinajstić information content (AvgIpc) is 2.99. The summed E-state index contributed by atoms with van der Waals surface area (Å²) in [5.41, 5.74) is 2.66. The lowest BCUT2D eigenvalue weighted by molar-refractivity contribution is 0.0588. The third kappa shape index (κ3) is 2.58. The molecule has 1 amide bonds. The molecular formula is C15H21N3O2. The fraction of sp³-hybridized carbons (Fsp3) is 0.533. The molecule has 2 N–H and O–H groups in total. The molecule has 0 saturated carbocycles. The van der Waals surface area contributed by atoms with Gasteiger partial charge in [-0.1, -0.05) is 6.07 Å². The highest BCUT2D eigenvalue weighted by Crippen LogP contribution is 2.29. The molecular weight excluding hydrogens is 254 g/mol. The molecule has 1 aromatic rings. The van der Waals surface area contributed by atoms with E-state index in [0.29, 0.717) is 6.54 Å². The van der Waals surface area contributed by atoms with Gasteiger partial charge in [0, 0.05) is 33.3 Å². The van der Waals surface area contributed by atoms with Crippen molar-refractivity contribution in [3.63, 3.8) is 0 Å². The highest BCUT2D eigenvalue weighted by molar-refractivity contribution is 6.02. The van der Waals surface area contributed by atoms with E-state index in [9.17, 15) is 4.79 Å². The fourth-order valence-corrected chi connectivity index (χ4v) is 2.84. The van der Waals surface area contributed by atoms with Crippen LogP contribution in [-0.2, 0) is 4.74 Å². The van der Waals surface area contributed by atoms with E-state index in [1.54, 1.807) is 4.90 Å². The Labute approximate surface area is 119 Å². The summed E-state index contributed by atoms with van der Waals surface area (Å²) < 4.78 is 5.60. The van der Waals surface area contributed by atoms with Gasteiger partial charge >= 0.3 is 0 Å². The monoisotopic (exact) mass is 275 g/mol. The topological polar surface area (TPSA) is 53.6 Å². The molecule has 0 aliphatic carbocycles. The highest BCUT2D eigenvalue weighted by Gasteiger charge is 2.23. The minimum absolute atomic E-state index is 0.0496. The second kappa shape index (κ2) is 5.71. The number of anilines is 2. The SMILES string of the molecule is CN(CC1CCCO1)C(=O)c1cccc2c1NCCN2. The van der Waals surface area contributed by atoms with E-state index >= 15 is 0 Å². The molecule has 5 nitrogen and oxygen atoms in total. The standard InChI is InChI=1S/C15H21N3O2/c1-18(10-11-4-3-9-20-11)15(19)12-5-2-6-13-14(12)17-8-7-16-13/h2,5-6,11,16-17H,3-4,7-10H2,1H3. The van der Waals surface area contributed by atoms with Crippen LogP contribution in [0.4, 0.5) is 11.4 Å². The van der Waals surface area contributed by atoms with Gasteiger partial charge in [-0.3, -0.25) is 4.79 Å². The van der Waals surface area contributed by atoms with Crippen LogP contribution in [0.1, 0.15) is 23.2 Å². The zero-order chi connectivity index (χ0) is 13.9. The zero-order valence-electron chi connectivity index (χ0n) is 11.8. The summed E-state index contributed by atoms with van der Waals surface area (Å²) in [4.78, 5) is 14.4. The van der Waals surface area contributed by atoms with Gasteiger partial charge in [0.15, 0.2) is 0 Å². The first-order chi connectivity index (χ1) is 9.75. The van der Waals surface area contributed by atoms with Gasteiger partial charge < -0.3 is 20.3 Å². The molecule has 0 spiro atoms. The molecule has 0 aromatic heterocycles. The molecule has 0 radical (unpaired) electrons.